The maximum atomic E-state index is 13.4. The van der Waals surface area contributed by atoms with Crippen LogP contribution in [0.4, 0.5) is 13.2 Å². The highest BCUT2D eigenvalue weighted by molar-refractivity contribution is 5.70. The Morgan fingerprint density at radius 2 is 1.71 bits per heavy atom. The van der Waals surface area contributed by atoms with Crippen LogP contribution >= 0.6 is 0 Å². The van der Waals surface area contributed by atoms with E-state index in [2.05, 4.69) is 0 Å². The molecule has 0 unspecified atom stereocenters. The van der Waals surface area contributed by atoms with E-state index in [1.54, 1.807) is 30.3 Å². The summed E-state index contributed by atoms with van der Waals surface area (Å²) < 4.78 is 44.9. The molecule has 0 atom stereocenters. The average molecular weight is 294 g/mol. The van der Waals surface area contributed by atoms with Crippen molar-refractivity contribution in [2.45, 2.75) is 19.7 Å². The molecule has 0 saturated heterocycles. The smallest absolute Gasteiger partial charge is 0.417 e. The second-order valence-corrected chi connectivity index (χ2v) is 4.48. The fourth-order valence-electron chi connectivity index (χ4n) is 2.09. The molecule has 0 radical (unpaired) electrons. The lowest BCUT2D eigenvalue weighted by Gasteiger charge is -2.17. The van der Waals surface area contributed by atoms with Crippen LogP contribution in [-0.2, 0) is 22.3 Å². The monoisotopic (exact) mass is 294 g/mol. The van der Waals surface area contributed by atoms with Crippen molar-refractivity contribution >= 4 is 5.97 Å². The largest absolute Gasteiger partial charge is 0.461 e. The fourth-order valence-corrected chi connectivity index (χ4v) is 2.09. The van der Waals surface area contributed by atoms with Crippen LogP contribution in [0, 0.1) is 0 Å². The van der Waals surface area contributed by atoms with E-state index in [0.717, 1.165) is 6.92 Å². The number of rotatable bonds is 3. The molecule has 2 rings (SSSR count). The van der Waals surface area contributed by atoms with Crippen LogP contribution in [-0.4, -0.2) is 5.97 Å². The third-order valence-corrected chi connectivity index (χ3v) is 2.95. The van der Waals surface area contributed by atoms with Crippen LogP contribution < -0.4 is 0 Å². The lowest BCUT2D eigenvalue weighted by atomic mass is 9.95. The van der Waals surface area contributed by atoms with Crippen LogP contribution in [0.1, 0.15) is 18.1 Å². The van der Waals surface area contributed by atoms with Crippen molar-refractivity contribution in [2.75, 3.05) is 0 Å². The van der Waals surface area contributed by atoms with Crippen LogP contribution in [0.25, 0.3) is 11.1 Å². The molecule has 0 aliphatic carbocycles. The first-order valence-electron chi connectivity index (χ1n) is 6.27. The lowest BCUT2D eigenvalue weighted by molar-refractivity contribution is -0.145. The number of halogens is 3. The molecule has 0 aliphatic heterocycles. The fraction of sp³-hybridized carbons (Fsp3) is 0.188. The zero-order valence-corrected chi connectivity index (χ0v) is 11.3. The van der Waals surface area contributed by atoms with Crippen LogP contribution in [0.2, 0.25) is 0 Å². The number of alkyl halides is 3. The number of benzene rings is 2. The molecule has 2 nitrogen and oxygen atoms in total. The predicted octanol–water partition coefficient (Wildman–Crippen LogP) is 4.44. The molecular weight excluding hydrogens is 281 g/mol. The Morgan fingerprint density at radius 3 is 2.29 bits per heavy atom. The van der Waals surface area contributed by atoms with Gasteiger partial charge in [0.15, 0.2) is 0 Å². The summed E-state index contributed by atoms with van der Waals surface area (Å²) in [5.74, 6) is -0.617. The van der Waals surface area contributed by atoms with Gasteiger partial charge in [-0.2, -0.15) is 13.2 Å². The summed E-state index contributed by atoms with van der Waals surface area (Å²) in [6.45, 7) is 0.763. The minimum Gasteiger partial charge on any atom is -0.461 e. The van der Waals surface area contributed by atoms with Gasteiger partial charge in [0.2, 0.25) is 0 Å². The van der Waals surface area contributed by atoms with E-state index in [1.165, 1.54) is 18.2 Å². The number of esters is 1. The molecule has 110 valence electrons. The van der Waals surface area contributed by atoms with E-state index in [-0.39, 0.29) is 11.1 Å². The normalized spacial score (nSPS) is 11.2. The molecule has 0 aromatic heterocycles. The second-order valence-electron chi connectivity index (χ2n) is 4.48. The predicted molar refractivity (Wildman–Crippen MR) is 72.4 cm³/mol. The van der Waals surface area contributed by atoms with Crippen molar-refractivity contribution < 1.29 is 22.7 Å². The molecule has 0 spiro atoms. The first-order valence-corrected chi connectivity index (χ1v) is 6.27. The molecular formula is C16H13F3O2. The molecule has 0 heterocycles. The highest BCUT2D eigenvalue weighted by Crippen LogP contribution is 2.39. The maximum absolute atomic E-state index is 13.4. The average Bonchev–Trinajstić information content (AvgIpc) is 2.44. The Kier molecular flexibility index (Phi) is 4.31. The van der Waals surface area contributed by atoms with Gasteiger partial charge in [-0.3, -0.25) is 4.79 Å². The molecule has 0 amide bonds. The van der Waals surface area contributed by atoms with Gasteiger partial charge in [0.25, 0.3) is 0 Å². The van der Waals surface area contributed by atoms with Gasteiger partial charge in [-0.1, -0.05) is 48.5 Å². The Hall–Kier alpha value is -2.30. The third-order valence-electron chi connectivity index (χ3n) is 2.95. The Bertz CT molecular complexity index is 634. The number of hydrogen-bond acceptors (Lipinski definition) is 2. The Morgan fingerprint density at radius 1 is 1.05 bits per heavy atom. The molecule has 2 aromatic carbocycles. The molecule has 0 aliphatic rings. The van der Waals surface area contributed by atoms with Crippen molar-refractivity contribution in [3.63, 3.8) is 0 Å². The van der Waals surface area contributed by atoms with Gasteiger partial charge in [0.05, 0.1) is 5.56 Å². The van der Waals surface area contributed by atoms with Crippen molar-refractivity contribution in [1.29, 1.82) is 0 Å². The summed E-state index contributed by atoms with van der Waals surface area (Å²) in [7, 11) is 0. The van der Waals surface area contributed by atoms with Crippen molar-refractivity contribution in [1.82, 2.24) is 0 Å². The van der Waals surface area contributed by atoms with Gasteiger partial charge in [0, 0.05) is 12.5 Å². The number of carbonyl (C=O) groups excluding carboxylic acids is 1. The lowest BCUT2D eigenvalue weighted by Crippen LogP contribution is -2.13. The minimum absolute atomic E-state index is 0.0564. The van der Waals surface area contributed by atoms with Gasteiger partial charge < -0.3 is 4.74 Å². The second kappa shape index (κ2) is 5.99. The van der Waals surface area contributed by atoms with E-state index < -0.39 is 24.3 Å². The van der Waals surface area contributed by atoms with E-state index in [9.17, 15) is 18.0 Å². The van der Waals surface area contributed by atoms with Crippen molar-refractivity contribution in [3.8, 4) is 11.1 Å². The summed E-state index contributed by atoms with van der Waals surface area (Å²) >= 11 is 0. The zero-order chi connectivity index (χ0) is 15.5. The maximum Gasteiger partial charge on any atom is 0.417 e. The molecule has 0 saturated carbocycles. The van der Waals surface area contributed by atoms with Gasteiger partial charge >= 0.3 is 12.1 Å². The van der Waals surface area contributed by atoms with Gasteiger partial charge in [0.1, 0.15) is 6.61 Å². The number of hydrogen-bond donors (Lipinski definition) is 0. The van der Waals surface area contributed by atoms with Gasteiger partial charge in [-0.25, -0.2) is 0 Å². The zero-order valence-electron chi connectivity index (χ0n) is 11.3. The van der Waals surface area contributed by atoms with Crippen LogP contribution in [0.15, 0.2) is 48.5 Å². The third kappa shape index (κ3) is 3.62. The van der Waals surface area contributed by atoms with E-state index in [1.807, 2.05) is 0 Å². The topological polar surface area (TPSA) is 26.3 Å². The SMILES string of the molecule is CC(=O)OCc1cccc(-c2ccccc2)c1C(F)(F)F. The summed E-state index contributed by atoms with van der Waals surface area (Å²) in [5, 5.41) is 0. The van der Waals surface area contributed by atoms with Crippen molar-refractivity contribution in [2.24, 2.45) is 0 Å². The van der Waals surface area contributed by atoms with E-state index >= 15 is 0 Å². The molecule has 2 aromatic rings. The summed E-state index contributed by atoms with van der Waals surface area (Å²) in [6.07, 6.45) is -4.53. The standard InChI is InChI=1S/C16H13F3O2/c1-11(20)21-10-13-8-5-9-14(15(13)16(17,18)19)12-6-3-2-4-7-12/h2-9H,10H2,1H3. The first-order chi connectivity index (χ1) is 9.89. The first kappa shape index (κ1) is 15.1. The molecule has 5 heteroatoms. The Labute approximate surface area is 120 Å². The van der Waals surface area contributed by atoms with Crippen LogP contribution in [0.5, 0.6) is 0 Å². The number of ether oxygens (including phenoxy) is 1. The van der Waals surface area contributed by atoms with E-state index in [0.29, 0.717) is 5.56 Å². The highest BCUT2D eigenvalue weighted by Gasteiger charge is 2.36. The van der Waals surface area contributed by atoms with Gasteiger partial charge in [-0.15, -0.1) is 0 Å². The quantitative estimate of drug-likeness (QED) is 0.782. The van der Waals surface area contributed by atoms with Crippen molar-refractivity contribution in [3.05, 3.63) is 59.7 Å². The Balaban J connectivity index is 2.55. The summed E-state index contributed by atoms with van der Waals surface area (Å²) in [5.41, 5.74) is -0.279. The van der Waals surface area contributed by atoms with Gasteiger partial charge in [-0.05, 0) is 11.1 Å². The minimum atomic E-state index is -4.53. The molecule has 0 fully saturated rings. The summed E-state index contributed by atoms with van der Waals surface area (Å²) in [4.78, 5) is 10.8. The summed E-state index contributed by atoms with van der Waals surface area (Å²) in [6, 6.07) is 12.6. The molecule has 0 N–H and O–H groups in total. The molecule has 21 heavy (non-hydrogen) atoms. The number of carbonyl (C=O) groups is 1. The molecule has 0 bridgehead atoms. The van der Waals surface area contributed by atoms with E-state index in [4.69, 9.17) is 4.74 Å². The van der Waals surface area contributed by atoms with Crippen LogP contribution in [0.3, 0.4) is 0 Å². The highest BCUT2D eigenvalue weighted by atomic mass is 19.4.